The summed E-state index contributed by atoms with van der Waals surface area (Å²) in [7, 11) is -0.877. The van der Waals surface area contributed by atoms with Gasteiger partial charge in [0.2, 0.25) is 0 Å². The second kappa shape index (κ2) is 10.5. The fourth-order valence-electron chi connectivity index (χ4n) is 2.31. The molecule has 1 radical (unpaired) electrons. The zero-order valence-electron chi connectivity index (χ0n) is 13.1. The molecule has 0 saturated carbocycles. The topological polar surface area (TPSA) is 0 Å². The molecular formula is C20H20CdSi-. The maximum Gasteiger partial charge on any atom is 0.154 e. The Balaban J connectivity index is 0.000000775. The Morgan fingerprint density at radius 1 is 0.500 bits per heavy atom. The van der Waals surface area contributed by atoms with E-state index in [2.05, 4.69) is 97.9 Å². The molecule has 0 amide bonds. The third kappa shape index (κ3) is 4.92. The van der Waals surface area contributed by atoms with E-state index in [4.69, 9.17) is 0 Å². The van der Waals surface area contributed by atoms with Crippen LogP contribution in [0.25, 0.3) is 0 Å². The van der Waals surface area contributed by atoms with E-state index in [1.807, 2.05) is 0 Å². The van der Waals surface area contributed by atoms with Gasteiger partial charge in [0.25, 0.3) is 0 Å². The van der Waals surface area contributed by atoms with Crippen molar-refractivity contribution in [2.24, 2.45) is 0 Å². The van der Waals surface area contributed by atoms with Gasteiger partial charge in [-0.1, -0.05) is 107 Å². The van der Waals surface area contributed by atoms with E-state index in [9.17, 15) is 0 Å². The van der Waals surface area contributed by atoms with E-state index in [0.29, 0.717) is 0 Å². The molecule has 3 rings (SSSR count). The van der Waals surface area contributed by atoms with Crippen LogP contribution in [-0.4, -0.2) is 8.80 Å². The number of hydrogen-bond acceptors (Lipinski definition) is 0. The average Bonchev–Trinajstić information content (AvgIpc) is 2.60. The number of hydrogen-bond donors (Lipinski definition) is 0. The zero-order chi connectivity index (χ0) is 14.9. The molecule has 0 atom stereocenters. The predicted molar refractivity (Wildman–Crippen MR) is 95.0 cm³/mol. The van der Waals surface area contributed by atoms with E-state index < -0.39 is 8.80 Å². The third-order valence-electron chi connectivity index (χ3n) is 3.19. The van der Waals surface area contributed by atoms with Crippen molar-refractivity contribution < 1.29 is 27.3 Å². The van der Waals surface area contributed by atoms with E-state index in [1.54, 1.807) is 6.92 Å². The zero-order valence-corrected chi connectivity index (χ0v) is 18.1. The first-order valence-corrected chi connectivity index (χ1v) is 8.69. The van der Waals surface area contributed by atoms with Gasteiger partial charge in [-0.15, -0.1) is 0 Å². The summed E-state index contributed by atoms with van der Waals surface area (Å²) >= 11 is 0. The van der Waals surface area contributed by atoms with Gasteiger partial charge in [0.15, 0.2) is 8.80 Å². The first-order chi connectivity index (χ1) is 10.4. The van der Waals surface area contributed by atoms with Crippen LogP contribution in [0.5, 0.6) is 0 Å². The Kier molecular flexibility index (Phi) is 9.01. The molecule has 3 aromatic rings. The van der Waals surface area contributed by atoms with Crippen molar-refractivity contribution >= 4 is 24.4 Å². The predicted octanol–water partition coefficient (Wildman–Crippen LogP) is 3.04. The Bertz CT molecular complexity index is 530. The van der Waals surface area contributed by atoms with Gasteiger partial charge in [0.05, 0.1) is 0 Å². The minimum Gasteiger partial charge on any atom is -0.346 e. The molecule has 107 valence electrons. The molecular weight excluding hydrogens is 381 g/mol. The van der Waals surface area contributed by atoms with Crippen LogP contribution >= 0.6 is 0 Å². The van der Waals surface area contributed by atoms with Gasteiger partial charge in [0.1, 0.15) is 0 Å². The van der Waals surface area contributed by atoms with Crippen LogP contribution in [-0.2, 0) is 27.3 Å². The average molecular weight is 401 g/mol. The SMILES string of the molecule is [CH2-]C.[Cd].c1ccc([Si](c2ccccc2)c2ccccc2)cc1. The molecule has 0 nitrogen and oxygen atoms in total. The summed E-state index contributed by atoms with van der Waals surface area (Å²) in [5.41, 5.74) is 0. The van der Waals surface area contributed by atoms with Crippen LogP contribution < -0.4 is 15.6 Å². The van der Waals surface area contributed by atoms with Crippen LogP contribution in [0.2, 0.25) is 0 Å². The number of rotatable bonds is 3. The Morgan fingerprint density at radius 3 is 0.955 bits per heavy atom. The van der Waals surface area contributed by atoms with Crippen molar-refractivity contribution in [3.05, 3.63) is 97.9 Å². The Hall–Kier alpha value is -1.20. The minimum atomic E-state index is -0.877. The fourth-order valence-corrected chi connectivity index (χ4v) is 4.89. The molecule has 0 heterocycles. The molecule has 22 heavy (non-hydrogen) atoms. The smallest absolute Gasteiger partial charge is 0.154 e. The monoisotopic (exact) mass is 402 g/mol. The van der Waals surface area contributed by atoms with E-state index in [1.165, 1.54) is 15.6 Å². The second-order valence-electron chi connectivity index (χ2n) is 4.47. The molecule has 0 aliphatic heterocycles. The molecule has 0 aromatic heterocycles. The number of benzene rings is 3. The molecule has 0 aliphatic carbocycles. The van der Waals surface area contributed by atoms with Gasteiger partial charge >= 0.3 is 0 Å². The van der Waals surface area contributed by atoms with Crippen LogP contribution in [0.1, 0.15) is 6.92 Å². The van der Waals surface area contributed by atoms with E-state index in [0.717, 1.165) is 0 Å². The normalized spacial score (nSPS) is 9.41. The molecule has 2 heteroatoms. The third-order valence-corrected chi connectivity index (χ3v) is 5.92. The molecule has 3 aromatic carbocycles. The first kappa shape index (κ1) is 18.8. The van der Waals surface area contributed by atoms with Gasteiger partial charge in [-0.2, -0.15) is 6.92 Å². The van der Waals surface area contributed by atoms with Gasteiger partial charge in [0, 0.05) is 27.3 Å². The van der Waals surface area contributed by atoms with Crippen LogP contribution in [0.3, 0.4) is 0 Å². The van der Waals surface area contributed by atoms with Crippen LogP contribution in [0, 0.1) is 6.92 Å². The van der Waals surface area contributed by atoms with Crippen molar-refractivity contribution in [2.45, 2.75) is 6.92 Å². The van der Waals surface area contributed by atoms with Crippen molar-refractivity contribution in [2.75, 3.05) is 0 Å². The summed E-state index contributed by atoms with van der Waals surface area (Å²) in [4.78, 5) is 0. The van der Waals surface area contributed by atoms with Gasteiger partial charge in [-0.05, 0) is 0 Å². The van der Waals surface area contributed by atoms with Crippen molar-refractivity contribution in [1.29, 1.82) is 0 Å². The van der Waals surface area contributed by atoms with Crippen molar-refractivity contribution in [3.8, 4) is 0 Å². The molecule has 0 N–H and O–H groups in total. The maximum absolute atomic E-state index is 3.25. The largest absolute Gasteiger partial charge is 0.346 e. The standard InChI is InChI=1S/C18H15Si.C2H5.Cd/c1-4-10-16(11-5-1)19(17-12-6-2-7-13-17)18-14-8-3-9-15-18;1-2;/h1-15H;1H2,2H3;/q;-1;. The maximum atomic E-state index is 3.25. The summed E-state index contributed by atoms with van der Waals surface area (Å²) in [6, 6.07) is 32.5. The second-order valence-corrected chi connectivity index (χ2v) is 6.96. The minimum absolute atomic E-state index is 0. The Labute approximate surface area is 156 Å². The quantitative estimate of drug-likeness (QED) is 0.360. The van der Waals surface area contributed by atoms with Crippen molar-refractivity contribution in [1.82, 2.24) is 0 Å². The van der Waals surface area contributed by atoms with Gasteiger partial charge < -0.3 is 6.92 Å². The van der Waals surface area contributed by atoms with Gasteiger partial charge in [-0.3, -0.25) is 0 Å². The summed E-state index contributed by atoms with van der Waals surface area (Å²) in [6.45, 7) is 5.00. The summed E-state index contributed by atoms with van der Waals surface area (Å²) < 4.78 is 0. The molecule has 0 aliphatic rings. The summed E-state index contributed by atoms with van der Waals surface area (Å²) in [6.07, 6.45) is 0. The molecule has 0 fully saturated rings. The summed E-state index contributed by atoms with van der Waals surface area (Å²) in [5.74, 6) is 0. The molecule has 0 saturated heterocycles. The van der Waals surface area contributed by atoms with Crippen LogP contribution in [0.4, 0.5) is 0 Å². The van der Waals surface area contributed by atoms with Gasteiger partial charge in [-0.25, -0.2) is 0 Å². The molecule has 0 spiro atoms. The first-order valence-electron chi connectivity index (χ1n) is 7.19. The summed E-state index contributed by atoms with van der Waals surface area (Å²) in [5, 5.41) is 4.31. The fraction of sp³-hybridized carbons (Fsp3) is 0.0500. The van der Waals surface area contributed by atoms with Crippen molar-refractivity contribution in [3.63, 3.8) is 0 Å². The molecule has 0 unspecified atom stereocenters. The van der Waals surface area contributed by atoms with E-state index in [-0.39, 0.29) is 27.3 Å². The van der Waals surface area contributed by atoms with Crippen LogP contribution in [0.15, 0.2) is 91.0 Å². The van der Waals surface area contributed by atoms with E-state index >= 15 is 0 Å². The molecule has 0 bridgehead atoms. The Morgan fingerprint density at radius 2 is 0.727 bits per heavy atom.